The molecule has 2 aromatic carbocycles. The molecule has 42 heavy (non-hydrogen) atoms. The Morgan fingerprint density at radius 3 is 2.26 bits per heavy atom. The summed E-state index contributed by atoms with van der Waals surface area (Å²) in [6, 6.07) is 9.76. The van der Waals surface area contributed by atoms with E-state index in [2.05, 4.69) is 15.5 Å². The second kappa shape index (κ2) is 12.6. The van der Waals surface area contributed by atoms with Crippen LogP contribution in [0, 0.1) is 0 Å². The highest BCUT2D eigenvalue weighted by molar-refractivity contribution is 6.46. The minimum atomic E-state index is -0.842. The molecule has 0 N–H and O–H groups in total. The van der Waals surface area contributed by atoms with E-state index in [0.29, 0.717) is 48.3 Å². The van der Waals surface area contributed by atoms with Crippen molar-refractivity contribution < 1.29 is 28.7 Å². The smallest absolute Gasteiger partial charge is 0.317 e. The van der Waals surface area contributed by atoms with Crippen LogP contribution in [0.5, 0.6) is 5.75 Å². The van der Waals surface area contributed by atoms with Crippen LogP contribution in [0.15, 0.2) is 42.7 Å². The molecule has 2 aliphatic rings. The number of amides is 3. The number of aromatic nitrogens is 4. The number of rotatable bonds is 9. The van der Waals surface area contributed by atoms with E-state index in [0.717, 1.165) is 0 Å². The Hall–Kier alpha value is -4.40. The summed E-state index contributed by atoms with van der Waals surface area (Å²) in [5.41, 5.74) is 1.38. The number of hydrogen-bond acceptors (Lipinski definition) is 10. The number of carbonyl (C=O) groups excluding carboxylic acids is 4. The van der Waals surface area contributed by atoms with Gasteiger partial charge in [0.1, 0.15) is 6.33 Å². The molecule has 14 nitrogen and oxygen atoms in total. The van der Waals surface area contributed by atoms with Gasteiger partial charge < -0.3 is 19.3 Å². The third-order valence-corrected chi connectivity index (χ3v) is 7.25. The average Bonchev–Trinajstić information content (AvgIpc) is 3.53. The molecule has 0 saturated carbocycles. The van der Waals surface area contributed by atoms with Crippen LogP contribution in [0.3, 0.4) is 0 Å². The van der Waals surface area contributed by atoms with Crippen LogP contribution in [0.25, 0.3) is 5.69 Å². The maximum absolute atomic E-state index is 13.6. The van der Waals surface area contributed by atoms with Gasteiger partial charge in [-0.15, -0.1) is 5.10 Å². The van der Waals surface area contributed by atoms with Crippen LogP contribution in [0.4, 0.5) is 17.1 Å². The first-order valence-corrected chi connectivity index (χ1v) is 13.7. The van der Waals surface area contributed by atoms with E-state index in [1.807, 2.05) is 4.90 Å². The largest absolute Gasteiger partial charge is 0.422 e. The average molecular weight is 597 g/mol. The fraction of sp³-hybridized carbons (Fsp3) is 0.370. The Labute approximate surface area is 246 Å². The van der Waals surface area contributed by atoms with Gasteiger partial charge in [-0.25, -0.2) is 0 Å². The Kier molecular flexibility index (Phi) is 8.75. The highest BCUT2D eigenvalue weighted by Crippen LogP contribution is 2.40. The van der Waals surface area contributed by atoms with Gasteiger partial charge in [-0.3, -0.25) is 29.0 Å². The molecular weight excluding hydrogens is 568 g/mol. The lowest BCUT2D eigenvalue weighted by atomic mass is 10.1. The van der Waals surface area contributed by atoms with Crippen LogP contribution < -0.4 is 19.4 Å². The SMILES string of the molecule is CCC(=O)Oc1c(N2CCN(CCOC)CC2=O)cccc1N1CCN(c2cc(Cl)ccc2-n2cnnn2)C(=O)C1=O. The van der Waals surface area contributed by atoms with Crippen LogP contribution in [-0.4, -0.2) is 102 Å². The highest BCUT2D eigenvalue weighted by atomic mass is 35.5. The quantitative estimate of drug-likeness (QED) is 0.201. The molecule has 5 rings (SSSR count). The molecule has 0 spiro atoms. The van der Waals surface area contributed by atoms with Crippen molar-refractivity contribution in [1.82, 2.24) is 25.1 Å². The maximum atomic E-state index is 13.6. The number of methoxy groups -OCH3 is 1. The molecule has 3 heterocycles. The molecule has 0 bridgehead atoms. The number of tetrazole rings is 1. The molecule has 0 radical (unpaired) electrons. The van der Waals surface area contributed by atoms with Crippen molar-refractivity contribution in [3.8, 4) is 11.4 Å². The molecule has 0 aliphatic carbocycles. The topological polar surface area (TPSA) is 143 Å². The zero-order chi connectivity index (χ0) is 29.8. The number of benzene rings is 2. The second-order valence-electron chi connectivity index (χ2n) is 9.57. The summed E-state index contributed by atoms with van der Waals surface area (Å²) in [5.74, 6) is -2.34. The van der Waals surface area contributed by atoms with E-state index in [1.54, 1.807) is 50.4 Å². The predicted molar refractivity (Wildman–Crippen MR) is 152 cm³/mol. The molecule has 3 aromatic rings. The lowest BCUT2D eigenvalue weighted by molar-refractivity contribution is -0.137. The first-order chi connectivity index (χ1) is 20.3. The number of piperazine rings is 2. The Bertz CT molecular complexity index is 1500. The standard InChI is InChI=1S/C27H29ClN8O6/c1-3-24(38)42-25-20(33-10-9-32(13-14-41-2)16-23(33)37)5-4-6-21(25)34-11-12-35(27(40)26(34)39)22-15-18(28)7-8-19(22)36-17-29-30-31-36/h4-8,15,17H,3,9-14,16H2,1-2H3. The van der Waals surface area contributed by atoms with Gasteiger partial charge in [-0.2, -0.15) is 4.68 Å². The monoisotopic (exact) mass is 596 g/mol. The van der Waals surface area contributed by atoms with Crippen LogP contribution in [-0.2, 0) is 23.9 Å². The number of carbonyl (C=O) groups is 4. The van der Waals surface area contributed by atoms with Crippen molar-refractivity contribution in [3.05, 3.63) is 47.7 Å². The van der Waals surface area contributed by atoms with Gasteiger partial charge in [0.05, 0.1) is 35.9 Å². The molecule has 220 valence electrons. The van der Waals surface area contributed by atoms with Crippen LogP contribution >= 0.6 is 11.6 Å². The van der Waals surface area contributed by atoms with Gasteiger partial charge in [0.15, 0.2) is 5.75 Å². The van der Waals surface area contributed by atoms with Crippen molar-refractivity contribution in [2.24, 2.45) is 0 Å². The minimum Gasteiger partial charge on any atom is -0.422 e. The number of para-hydroxylation sites is 1. The predicted octanol–water partition coefficient (Wildman–Crippen LogP) is 1.31. The molecule has 2 aliphatic heterocycles. The first-order valence-electron chi connectivity index (χ1n) is 13.3. The van der Waals surface area contributed by atoms with Crippen LogP contribution in [0.1, 0.15) is 13.3 Å². The fourth-order valence-corrected chi connectivity index (χ4v) is 5.05. The van der Waals surface area contributed by atoms with E-state index in [1.165, 1.54) is 25.7 Å². The number of hydrogen-bond donors (Lipinski definition) is 0. The van der Waals surface area contributed by atoms with Crippen molar-refractivity contribution in [1.29, 1.82) is 0 Å². The molecule has 0 atom stereocenters. The second-order valence-corrected chi connectivity index (χ2v) is 10.0. The van der Waals surface area contributed by atoms with Gasteiger partial charge in [0, 0.05) is 51.3 Å². The molecule has 1 aromatic heterocycles. The Morgan fingerprint density at radius 2 is 1.62 bits per heavy atom. The number of ether oxygens (including phenoxy) is 2. The van der Waals surface area contributed by atoms with E-state index in [-0.39, 0.29) is 43.4 Å². The maximum Gasteiger partial charge on any atom is 0.317 e. The van der Waals surface area contributed by atoms with Crippen molar-refractivity contribution in [2.45, 2.75) is 13.3 Å². The third-order valence-electron chi connectivity index (χ3n) is 7.02. The Balaban J connectivity index is 1.46. The minimum absolute atomic E-state index is 0.0507. The summed E-state index contributed by atoms with van der Waals surface area (Å²) in [6.07, 6.45) is 1.44. The normalized spacial score (nSPS) is 16.4. The lowest BCUT2D eigenvalue weighted by Crippen LogP contribution is -2.55. The molecular formula is C27H29ClN8O6. The summed E-state index contributed by atoms with van der Waals surface area (Å²) in [6.45, 7) is 4.01. The van der Waals surface area contributed by atoms with Gasteiger partial charge in [0.2, 0.25) is 5.91 Å². The number of halogens is 1. The van der Waals surface area contributed by atoms with E-state index >= 15 is 0 Å². The lowest BCUT2D eigenvalue weighted by Gasteiger charge is -2.37. The summed E-state index contributed by atoms with van der Waals surface area (Å²) >= 11 is 6.24. The first kappa shape index (κ1) is 29.1. The van der Waals surface area contributed by atoms with Gasteiger partial charge in [-0.05, 0) is 40.8 Å². The number of esters is 1. The molecule has 2 fully saturated rings. The molecule has 15 heteroatoms. The Morgan fingerprint density at radius 1 is 0.929 bits per heavy atom. The summed E-state index contributed by atoms with van der Waals surface area (Å²) in [7, 11) is 1.60. The van der Waals surface area contributed by atoms with Crippen LogP contribution in [0.2, 0.25) is 5.02 Å². The van der Waals surface area contributed by atoms with E-state index in [9.17, 15) is 19.2 Å². The highest BCUT2D eigenvalue weighted by Gasteiger charge is 2.38. The van der Waals surface area contributed by atoms with E-state index < -0.39 is 17.8 Å². The number of anilines is 3. The fourth-order valence-electron chi connectivity index (χ4n) is 4.89. The van der Waals surface area contributed by atoms with Gasteiger partial charge >= 0.3 is 17.8 Å². The summed E-state index contributed by atoms with van der Waals surface area (Å²) in [5, 5.41) is 11.5. The molecule has 0 unspecified atom stereocenters. The zero-order valence-corrected chi connectivity index (χ0v) is 23.9. The van der Waals surface area contributed by atoms with Gasteiger partial charge in [-0.1, -0.05) is 24.6 Å². The molecule has 2 saturated heterocycles. The molecule has 3 amide bonds. The summed E-state index contributed by atoms with van der Waals surface area (Å²) in [4.78, 5) is 58.9. The van der Waals surface area contributed by atoms with Gasteiger partial charge in [0.25, 0.3) is 0 Å². The third kappa shape index (κ3) is 5.82. The number of nitrogens with zero attached hydrogens (tertiary/aromatic N) is 8. The van der Waals surface area contributed by atoms with Crippen molar-refractivity contribution >= 4 is 52.4 Å². The van der Waals surface area contributed by atoms with E-state index in [4.69, 9.17) is 21.1 Å². The van der Waals surface area contributed by atoms with Crippen molar-refractivity contribution in [3.63, 3.8) is 0 Å². The zero-order valence-electron chi connectivity index (χ0n) is 23.1. The van der Waals surface area contributed by atoms with Crippen molar-refractivity contribution in [2.75, 3.05) is 67.7 Å². The summed E-state index contributed by atoms with van der Waals surface area (Å²) < 4.78 is 12.2.